The Morgan fingerprint density at radius 1 is 1.50 bits per heavy atom. The first-order chi connectivity index (χ1) is 10.2. The van der Waals surface area contributed by atoms with Gasteiger partial charge >= 0.3 is 6.18 Å². The molecule has 1 N–H and O–H groups in total. The van der Waals surface area contributed by atoms with Crippen molar-refractivity contribution in [2.24, 2.45) is 4.99 Å². The molecule has 0 aliphatic heterocycles. The summed E-state index contributed by atoms with van der Waals surface area (Å²) >= 11 is 1.19. The van der Waals surface area contributed by atoms with Gasteiger partial charge in [0.2, 0.25) is 0 Å². The molecule has 1 rings (SSSR count). The monoisotopic (exact) mass is 330 g/mol. The standard InChI is InChI=1S/C15H17F3N2OS/c1-4-13-12(6-5-7-19-13)9-22-11(3)20-14(8-10(2)21)15(16,17)18/h5-8,21H,2,4,9H2,1,3H3/b14-8-,20-11+. The normalized spacial score (nSPS) is 13.3. The first-order valence-corrected chi connectivity index (χ1v) is 7.50. The summed E-state index contributed by atoms with van der Waals surface area (Å²) in [4.78, 5) is 7.76. The lowest BCUT2D eigenvalue weighted by atomic mass is 10.2. The second kappa shape index (κ2) is 8.03. The van der Waals surface area contributed by atoms with Gasteiger partial charge in [-0.25, -0.2) is 4.99 Å². The van der Waals surface area contributed by atoms with Crippen LogP contribution in [0.5, 0.6) is 0 Å². The van der Waals surface area contributed by atoms with Crippen LogP contribution in [0.3, 0.4) is 0 Å². The Bertz CT molecular complexity index is 595. The van der Waals surface area contributed by atoms with Crippen LogP contribution in [-0.2, 0) is 12.2 Å². The molecule has 3 nitrogen and oxygen atoms in total. The van der Waals surface area contributed by atoms with E-state index in [0.29, 0.717) is 11.8 Å². The zero-order chi connectivity index (χ0) is 16.8. The van der Waals surface area contributed by atoms with E-state index in [2.05, 4.69) is 16.6 Å². The van der Waals surface area contributed by atoms with Crippen molar-refractivity contribution in [1.82, 2.24) is 4.98 Å². The number of allylic oxidation sites excluding steroid dienone is 2. The van der Waals surface area contributed by atoms with Crippen molar-refractivity contribution >= 4 is 16.8 Å². The molecule has 7 heteroatoms. The molecule has 0 bridgehead atoms. The topological polar surface area (TPSA) is 45.5 Å². The number of hydrogen-bond donors (Lipinski definition) is 1. The smallest absolute Gasteiger partial charge is 0.433 e. The van der Waals surface area contributed by atoms with Gasteiger partial charge in [-0.1, -0.05) is 19.6 Å². The van der Waals surface area contributed by atoms with E-state index in [1.165, 1.54) is 18.7 Å². The minimum absolute atomic E-state index is 0.246. The van der Waals surface area contributed by atoms with Crippen LogP contribution in [0.2, 0.25) is 0 Å². The van der Waals surface area contributed by atoms with Crippen molar-refractivity contribution < 1.29 is 18.3 Å². The van der Waals surface area contributed by atoms with E-state index in [9.17, 15) is 13.2 Å². The fraction of sp³-hybridized carbons (Fsp3) is 0.333. The summed E-state index contributed by atoms with van der Waals surface area (Å²) in [6.45, 7) is 6.49. The zero-order valence-corrected chi connectivity index (χ0v) is 13.1. The zero-order valence-electron chi connectivity index (χ0n) is 12.3. The second-order valence-corrected chi connectivity index (χ2v) is 5.57. The molecule has 0 radical (unpaired) electrons. The number of hydrogen-bond acceptors (Lipinski definition) is 4. The van der Waals surface area contributed by atoms with Crippen LogP contribution in [0.1, 0.15) is 25.1 Å². The van der Waals surface area contributed by atoms with Crippen LogP contribution in [0, 0.1) is 0 Å². The van der Waals surface area contributed by atoms with E-state index >= 15 is 0 Å². The highest BCUT2D eigenvalue weighted by atomic mass is 32.2. The Morgan fingerprint density at radius 3 is 2.73 bits per heavy atom. The van der Waals surface area contributed by atoms with Gasteiger partial charge in [-0.05, 0) is 25.0 Å². The molecule has 0 saturated carbocycles. The van der Waals surface area contributed by atoms with Crippen molar-refractivity contribution in [1.29, 1.82) is 0 Å². The van der Waals surface area contributed by atoms with Crippen molar-refractivity contribution in [3.8, 4) is 0 Å². The summed E-state index contributed by atoms with van der Waals surface area (Å²) in [6.07, 6.45) is -1.70. The molecule has 1 heterocycles. The van der Waals surface area contributed by atoms with Crippen LogP contribution >= 0.6 is 11.8 Å². The molecule has 22 heavy (non-hydrogen) atoms. The van der Waals surface area contributed by atoms with Gasteiger partial charge in [0.1, 0.15) is 11.5 Å². The van der Waals surface area contributed by atoms with Crippen molar-refractivity contribution in [3.05, 3.63) is 53.7 Å². The van der Waals surface area contributed by atoms with Gasteiger partial charge in [-0.15, -0.1) is 11.8 Å². The first-order valence-electron chi connectivity index (χ1n) is 6.51. The molecule has 1 aromatic rings. The predicted molar refractivity (Wildman–Crippen MR) is 83.9 cm³/mol. The van der Waals surface area contributed by atoms with Crippen LogP contribution in [-0.4, -0.2) is 21.3 Å². The molecule has 0 amide bonds. The third-order valence-corrected chi connectivity index (χ3v) is 3.59. The molecule has 0 saturated heterocycles. The number of aliphatic hydroxyl groups excluding tert-OH is 1. The van der Waals surface area contributed by atoms with Gasteiger partial charge < -0.3 is 5.11 Å². The lowest BCUT2D eigenvalue weighted by Gasteiger charge is -2.09. The molecule has 0 spiro atoms. The van der Waals surface area contributed by atoms with Crippen LogP contribution in [0.4, 0.5) is 13.2 Å². The number of rotatable bonds is 5. The molecular weight excluding hydrogens is 313 g/mol. The van der Waals surface area contributed by atoms with Crippen LogP contribution < -0.4 is 0 Å². The number of halogens is 3. The number of thioether (sulfide) groups is 1. The second-order valence-electron chi connectivity index (χ2n) is 4.40. The van der Waals surface area contributed by atoms with Gasteiger partial charge in [0.25, 0.3) is 0 Å². The molecule has 0 aromatic carbocycles. The largest absolute Gasteiger partial charge is 0.509 e. The van der Waals surface area contributed by atoms with Crippen molar-refractivity contribution in [2.45, 2.75) is 32.2 Å². The predicted octanol–water partition coefficient (Wildman–Crippen LogP) is 4.81. The summed E-state index contributed by atoms with van der Waals surface area (Å²) < 4.78 is 38.3. The van der Waals surface area contributed by atoms with Crippen molar-refractivity contribution in [2.75, 3.05) is 0 Å². The van der Waals surface area contributed by atoms with Gasteiger partial charge in [-0.2, -0.15) is 13.2 Å². The number of aryl methyl sites for hydroxylation is 1. The number of alkyl halides is 3. The summed E-state index contributed by atoms with van der Waals surface area (Å²) in [5.41, 5.74) is 0.707. The highest BCUT2D eigenvalue weighted by Gasteiger charge is 2.34. The maximum Gasteiger partial charge on any atom is 0.433 e. The average molecular weight is 330 g/mol. The van der Waals surface area contributed by atoms with E-state index in [1.54, 1.807) is 12.3 Å². The van der Waals surface area contributed by atoms with Crippen LogP contribution in [0.15, 0.2) is 47.4 Å². The quantitative estimate of drug-likeness (QED) is 0.364. The van der Waals surface area contributed by atoms with Gasteiger partial charge in [-0.3, -0.25) is 4.98 Å². The first kappa shape index (κ1) is 18.3. The number of pyridine rings is 1. The number of nitrogens with zero attached hydrogens (tertiary/aromatic N) is 2. The van der Waals surface area contributed by atoms with Gasteiger partial charge in [0.15, 0.2) is 0 Å². The summed E-state index contributed by atoms with van der Waals surface area (Å²) in [6, 6.07) is 3.68. The Kier molecular flexibility index (Phi) is 6.67. The molecule has 120 valence electrons. The Hall–Kier alpha value is -1.76. The molecule has 0 atom stereocenters. The molecule has 0 fully saturated rings. The maximum atomic E-state index is 12.8. The fourth-order valence-electron chi connectivity index (χ4n) is 1.64. The number of aliphatic imine (C=N–C) groups is 1. The molecule has 0 aliphatic carbocycles. The Morgan fingerprint density at radius 2 is 2.18 bits per heavy atom. The third kappa shape index (κ3) is 5.93. The Balaban J connectivity index is 2.86. The summed E-state index contributed by atoms with van der Waals surface area (Å²) in [5, 5.41) is 9.17. The number of aliphatic hydroxyl groups is 1. The minimum Gasteiger partial charge on any atom is -0.509 e. The number of aromatic nitrogens is 1. The highest BCUT2D eigenvalue weighted by molar-refractivity contribution is 8.13. The molecule has 0 aliphatic rings. The van der Waals surface area contributed by atoms with E-state index in [1.807, 2.05) is 13.0 Å². The lowest BCUT2D eigenvalue weighted by molar-refractivity contribution is -0.0925. The maximum absolute atomic E-state index is 12.8. The third-order valence-electron chi connectivity index (χ3n) is 2.63. The molecule has 1 aromatic heterocycles. The van der Waals surface area contributed by atoms with E-state index in [0.717, 1.165) is 17.7 Å². The highest BCUT2D eigenvalue weighted by Crippen LogP contribution is 2.29. The van der Waals surface area contributed by atoms with E-state index < -0.39 is 17.6 Å². The van der Waals surface area contributed by atoms with E-state index in [4.69, 9.17) is 5.11 Å². The average Bonchev–Trinajstić information content (AvgIpc) is 2.43. The van der Waals surface area contributed by atoms with Gasteiger partial charge in [0.05, 0.1) is 5.04 Å². The SMILES string of the molecule is C=C(O)/C=C(\N=C(/C)SCc1cccnc1CC)C(F)(F)F. The summed E-state index contributed by atoms with van der Waals surface area (Å²) in [7, 11) is 0. The summed E-state index contributed by atoms with van der Waals surface area (Å²) in [5.74, 6) is -0.202. The van der Waals surface area contributed by atoms with E-state index in [-0.39, 0.29) is 5.04 Å². The van der Waals surface area contributed by atoms with Crippen molar-refractivity contribution in [3.63, 3.8) is 0 Å². The van der Waals surface area contributed by atoms with Crippen LogP contribution in [0.25, 0.3) is 0 Å². The Labute approximate surface area is 131 Å². The molecule has 0 unspecified atom stereocenters. The minimum atomic E-state index is -4.64. The molecular formula is C15H17F3N2OS. The lowest BCUT2D eigenvalue weighted by Crippen LogP contribution is -2.11. The van der Waals surface area contributed by atoms with Gasteiger partial charge in [0, 0.05) is 23.7 Å². The fourth-order valence-corrected chi connectivity index (χ4v) is 2.43.